The summed E-state index contributed by atoms with van der Waals surface area (Å²) in [4.78, 5) is 36.3. The van der Waals surface area contributed by atoms with Crippen LogP contribution in [0.15, 0.2) is 48.5 Å². The van der Waals surface area contributed by atoms with Crippen LogP contribution in [0.25, 0.3) is 11.1 Å². The zero-order chi connectivity index (χ0) is 23.3. The molecule has 7 nitrogen and oxygen atoms in total. The summed E-state index contributed by atoms with van der Waals surface area (Å²) in [5.74, 6) is 0.453. The maximum absolute atomic E-state index is 12.6. The van der Waals surface area contributed by atoms with Crippen LogP contribution < -0.4 is 10.6 Å². The second-order valence-electron chi connectivity index (χ2n) is 8.37. The zero-order valence-electron chi connectivity index (χ0n) is 18.1. The topological polar surface area (TPSA) is 105 Å². The number of hydrogen-bond donors (Lipinski definition) is 3. The normalized spacial score (nSPS) is 13.3. The molecule has 0 spiro atoms. The van der Waals surface area contributed by atoms with Crippen molar-refractivity contribution in [1.29, 1.82) is 0 Å². The highest BCUT2D eigenvalue weighted by molar-refractivity contribution is 5.89. The Kier molecular flexibility index (Phi) is 6.84. The maximum atomic E-state index is 12.6. The van der Waals surface area contributed by atoms with Crippen LogP contribution in [0.5, 0.6) is 0 Å². The molecule has 2 aromatic carbocycles. The monoisotopic (exact) mass is 434 g/mol. The molecule has 2 amide bonds. The van der Waals surface area contributed by atoms with Crippen LogP contribution in [0.2, 0.25) is 0 Å². The number of terminal acetylenes is 1. The van der Waals surface area contributed by atoms with Crippen molar-refractivity contribution >= 4 is 18.0 Å². The first-order chi connectivity index (χ1) is 15.2. The van der Waals surface area contributed by atoms with Gasteiger partial charge in [-0.15, -0.1) is 12.3 Å². The molecule has 166 valence electrons. The van der Waals surface area contributed by atoms with Gasteiger partial charge >= 0.3 is 12.1 Å². The average molecular weight is 434 g/mol. The first-order valence-corrected chi connectivity index (χ1v) is 10.3. The Labute approximate surface area is 187 Å². The Hall–Kier alpha value is -3.79. The molecule has 0 aromatic heterocycles. The molecule has 0 saturated carbocycles. The number of carboxylic acids is 1. The van der Waals surface area contributed by atoms with Gasteiger partial charge in [-0.25, -0.2) is 4.79 Å². The van der Waals surface area contributed by atoms with Crippen molar-refractivity contribution in [1.82, 2.24) is 10.6 Å². The van der Waals surface area contributed by atoms with E-state index < -0.39 is 36.0 Å². The Bertz CT molecular complexity index is 1020. The molecule has 2 aromatic rings. The van der Waals surface area contributed by atoms with E-state index in [1.54, 1.807) is 13.8 Å². The Morgan fingerprint density at radius 3 is 2.19 bits per heavy atom. The molecule has 0 heterocycles. The van der Waals surface area contributed by atoms with Gasteiger partial charge < -0.3 is 20.5 Å². The highest BCUT2D eigenvalue weighted by Crippen LogP contribution is 2.44. The molecule has 7 heteroatoms. The summed E-state index contributed by atoms with van der Waals surface area (Å²) in [7, 11) is 0. The van der Waals surface area contributed by atoms with E-state index in [2.05, 4.69) is 16.6 Å². The molecule has 0 saturated heterocycles. The second kappa shape index (κ2) is 9.56. The molecule has 3 rings (SSSR count). The zero-order valence-corrected chi connectivity index (χ0v) is 18.1. The van der Waals surface area contributed by atoms with Crippen LogP contribution in [-0.4, -0.2) is 41.3 Å². The van der Waals surface area contributed by atoms with Crippen molar-refractivity contribution in [3.63, 3.8) is 0 Å². The van der Waals surface area contributed by atoms with Gasteiger partial charge in [-0.05, 0) is 36.1 Å². The van der Waals surface area contributed by atoms with Gasteiger partial charge in [-0.3, -0.25) is 9.59 Å². The Balaban J connectivity index is 1.68. The highest BCUT2D eigenvalue weighted by Gasteiger charge is 2.31. The van der Waals surface area contributed by atoms with Crippen LogP contribution in [0, 0.1) is 12.3 Å². The van der Waals surface area contributed by atoms with Crippen LogP contribution in [-0.2, 0) is 14.3 Å². The summed E-state index contributed by atoms with van der Waals surface area (Å²) in [6, 6.07) is 14.5. The molecule has 0 fully saturated rings. The van der Waals surface area contributed by atoms with Gasteiger partial charge in [-0.2, -0.15) is 0 Å². The number of carbonyl (C=O) groups excluding carboxylic acids is 2. The largest absolute Gasteiger partial charge is 0.481 e. The number of benzene rings is 2. The highest BCUT2D eigenvalue weighted by atomic mass is 16.5. The number of amides is 2. The molecule has 0 aliphatic heterocycles. The maximum Gasteiger partial charge on any atom is 0.407 e. The third-order valence-electron chi connectivity index (χ3n) is 5.34. The number of carboxylic acid groups (broad SMARTS) is 1. The molecular weight excluding hydrogens is 408 g/mol. The van der Waals surface area contributed by atoms with Crippen LogP contribution in [0.3, 0.4) is 0 Å². The van der Waals surface area contributed by atoms with Crippen molar-refractivity contribution in [2.75, 3.05) is 6.61 Å². The number of hydrogen-bond acceptors (Lipinski definition) is 4. The minimum atomic E-state index is -1.29. The predicted molar refractivity (Wildman–Crippen MR) is 120 cm³/mol. The van der Waals surface area contributed by atoms with E-state index in [4.69, 9.17) is 16.3 Å². The molecule has 1 aliphatic carbocycles. The van der Waals surface area contributed by atoms with E-state index in [9.17, 15) is 14.4 Å². The van der Waals surface area contributed by atoms with E-state index in [0.29, 0.717) is 0 Å². The van der Waals surface area contributed by atoms with Gasteiger partial charge in [0.25, 0.3) is 0 Å². The fraction of sp³-hybridized carbons (Fsp3) is 0.320. The minimum absolute atomic E-state index is 0.0594. The summed E-state index contributed by atoms with van der Waals surface area (Å²) in [5.41, 5.74) is 3.55. The van der Waals surface area contributed by atoms with Gasteiger partial charge in [0.15, 0.2) is 0 Å². The number of alkyl carbamates (subject to hydrolysis) is 1. The van der Waals surface area contributed by atoms with Crippen LogP contribution in [0.4, 0.5) is 4.79 Å². The van der Waals surface area contributed by atoms with E-state index in [-0.39, 0.29) is 18.9 Å². The predicted octanol–water partition coefficient (Wildman–Crippen LogP) is 3.29. The third-order valence-corrected chi connectivity index (χ3v) is 5.34. The summed E-state index contributed by atoms with van der Waals surface area (Å²) in [6.07, 6.45) is 4.12. The van der Waals surface area contributed by atoms with Gasteiger partial charge in [0, 0.05) is 17.9 Å². The van der Waals surface area contributed by atoms with E-state index in [1.807, 2.05) is 48.5 Å². The number of fused-ring (bicyclic) bond motifs is 3. The van der Waals surface area contributed by atoms with Gasteiger partial charge in [-0.1, -0.05) is 48.5 Å². The molecule has 32 heavy (non-hydrogen) atoms. The molecular formula is C25H26N2O5. The summed E-state index contributed by atoms with van der Waals surface area (Å²) in [6.45, 7) is 3.50. The standard InChI is InChI=1S/C25H26N2O5/c1-4-13-25(2,3)27-23(30)21(14-22(28)29)26-24(31)32-15-20-18-11-7-5-9-16(18)17-10-6-8-12-19(17)20/h1,5-12,20-21H,13-15H2,2-3H3,(H,26,31)(H,27,30)(H,28,29). The number of nitrogens with one attached hydrogen (secondary N) is 2. The lowest BCUT2D eigenvalue weighted by Gasteiger charge is -2.27. The van der Waals surface area contributed by atoms with Crippen molar-refractivity contribution in [2.45, 2.75) is 44.2 Å². The van der Waals surface area contributed by atoms with Gasteiger partial charge in [0.2, 0.25) is 5.91 Å². The molecule has 0 radical (unpaired) electrons. The molecule has 1 unspecified atom stereocenters. The van der Waals surface area contributed by atoms with E-state index in [1.165, 1.54) is 0 Å². The smallest absolute Gasteiger partial charge is 0.407 e. The SMILES string of the molecule is C#CCC(C)(C)NC(=O)C(CC(=O)O)NC(=O)OCC1c2ccccc2-c2ccccc21. The molecule has 1 atom stereocenters. The Morgan fingerprint density at radius 2 is 1.66 bits per heavy atom. The van der Waals surface area contributed by atoms with Gasteiger partial charge in [0.1, 0.15) is 12.6 Å². The number of aliphatic carboxylic acids is 1. The first kappa shape index (κ1) is 22.9. The second-order valence-corrected chi connectivity index (χ2v) is 8.37. The third kappa shape index (κ3) is 5.27. The van der Waals surface area contributed by atoms with Crippen molar-refractivity contribution < 1.29 is 24.2 Å². The number of ether oxygens (including phenoxy) is 1. The van der Waals surface area contributed by atoms with E-state index in [0.717, 1.165) is 22.3 Å². The minimum Gasteiger partial charge on any atom is -0.481 e. The average Bonchev–Trinajstić information content (AvgIpc) is 3.05. The lowest BCUT2D eigenvalue weighted by Crippen LogP contribution is -2.53. The quantitative estimate of drug-likeness (QED) is 0.553. The van der Waals surface area contributed by atoms with Crippen LogP contribution in [0.1, 0.15) is 43.7 Å². The molecule has 1 aliphatic rings. The van der Waals surface area contributed by atoms with Crippen LogP contribution >= 0.6 is 0 Å². The van der Waals surface area contributed by atoms with E-state index >= 15 is 0 Å². The summed E-state index contributed by atoms with van der Waals surface area (Å²) in [5, 5.41) is 14.2. The Morgan fingerprint density at radius 1 is 1.09 bits per heavy atom. The number of rotatable bonds is 8. The van der Waals surface area contributed by atoms with Crippen molar-refractivity contribution in [3.05, 3.63) is 59.7 Å². The summed E-state index contributed by atoms with van der Waals surface area (Å²) >= 11 is 0. The molecule has 3 N–H and O–H groups in total. The van der Waals surface area contributed by atoms with Crippen molar-refractivity contribution in [2.24, 2.45) is 0 Å². The fourth-order valence-electron chi connectivity index (χ4n) is 3.89. The summed E-state index contributed by atoms with van der Waals surface area (Å²) < 4.78 is 5.42. The molecule has 0 bridgehead atoms. The fourth-order valence-corrected chi connectivity index (χ4v) is 3.89. The van der Waals surface area contributed by atoms with Gasteiger partial charge in [0.05, 0.1) is 6.42 Å². The lowest BCUT2D eigenvalue weighted by atomic mass is 9.98. The first-order valence-electron chi connectivity index (χ1n) is 10.3. The van der Waals surface area contributed by atoms with Crippen molar-refractivity contribution in [3.8, 4) is 23.5 Å². The number of carbonyl (C=O) groups is 3. The lowest BCUT2D eigenvalue weighted by molar-refractivity contribution is -0.140.